The number of nitrogens with one attached hydrogen (secondary N) is 1. The van der Waals surface area contributed by atoms with E-state index in [1.165, 1.54) is 45.1 Å². The predicted octanol–water partition coefficient (Wildman–Crippen LogP) is 2.14. The fourth-order valence-electron chi connectivity index (χ4n) is 2.20. The zero-order valence-electron chi connectivity index (χ0n) is 9.60. The molecule has 0 saturated heterocycles. The molecule has 0 aliphatic heterocycles. The van der Waals surface area contributed by atoms with Crippen LogP contribution in [0.5, 0.6) is 0 Å². The molecule has 0 aromatic carbocycles. The topological polar surface area (TPSA) is 38.0 Å². The summed E-state index contributed by atoms with van der Waals surface area (Å²) in [7, 11) is 0. The largest absolute Gasteiger partial charge is 0.330 e. The second-order valence-corrected chi connectivity index (χ2v) is 4.82. The lowest BCUT2D eigenvalue weighted by Gasteiger charge is -2.11. The van der Waals surface area contributed by atoms with Crippen molar-refractivity contribution in [1.82, 2.24) is 5.32 Å². The summed E-state index contributed by atoms with van der Waals surface area (Å²) in [6.07, 6.45) is 8.49. The molecular weight excluding hydrogens is 172 g/mol. The Hall–Kier alpha value is -0.0800. The van der Waals surface area contributed by atoms with Gasteiger partial charge in [0, 0.05) is 0 Å². The molecule has 0 radical (unpaired) electrons. The van der Waals surface area contributed by atoms with Crippen LogP contribution >= 0.6 is 0 Å². The SMILES string of the molecule is CC(CN)CCNCCC1CCCC1. The fourth-order valence-corrected chi connectivity index (χ4v) is 2.20. The van der Waals surface area contributed by atoms with Crippen LogP contribution in [0, 0.1) is 11.8 Å². The van der Waals surface area contributed by atoms with Crippen LogP contribution in [0.4, 0.5) is 0 Å². The number of hydrogen-bond donors (Lipinski definition) is 2. The first-order valence-electron chi connectivity index (χ1n) is 6.23. The smallest absolute Gasteiger partial charge is 0.00459 e. The lowest BCUT2D eigenvalue weighted by Crippen LogP contribution is -2.22. The van der Waals surface area contributed by atoms with Crippen LogP contribution in [0.3, 0.4) is 0 Å². The summed E-state index contributed by atoms with van der Waals surface area (Å²) in [5.41, 5.74) is 5.56. The molecule has 0 heterocycles. The van der Waals surface area contributed by atoms with Crippen molar-refractivity contribution < 1.29 is 0 Å². The summed E-state index contributed by atoms with van der Waals surface area (Å²) in [4.78, 5) is 0. The minimum atomic E-state index is 0.675. The normalized spacial score (nSPS) is 20.1. The van der Waals surface area contributed by atoms with E-state index >= 15 is 0 Å². The Morgan fingerprint density at radius 3 is 2.64 bits per heavy atom. The highest BCUT2D eigenvalue weighted by Crippen LogP contribution is 2.26. The van der Waals surface area contributed by atoms with E-state index in [1.54, 1.807) is 0 Å². The molecule has 0 aromatic heterocycles. The maximum atomic E-state index is 5.56. The number of hydrogen-bond acceptors (Lipinski definition) is 2. The molecule has 1 aliphatic rings. The quantitative estimate of drug-likeness (QED) is 0.615. The molecule has 1 saturated carbocycles. The maximum Gasteiger partial charge on any atom is -0.00459 e. The third-order valence-corrected chi connectivity index (χ3v) is 3.42. The van der Waals surface area contributed by atoms with Gasteiger partial charge in [0.1, 0.15) is 0 Å². The Kier molecular flexibility index (Phi) is 6.20. The van der Waals surface area contributed by atoms with Gasteiger partial charge in [-0.1, -0.05) is 32.6 Å². The van der Waals surface area contributed by atoms with Gasteiger partial charge in [0.25, 0.3) is 0 Å². The zero-order valence-corrected chi connectivity index (χ0v) is 9.60. The van der Waals surface area contributed by atoms with Crippen LogP contribution < -0.4 is 11.1 Å². The van der Waals surface area contributed by atoms with E-state index in [1.807, 2.05) is 0 Å². The molecule has 1 fully saturated rings. The highest BCUT2D eigenvalue weighted by Gasteiger charge is 2.13. The molecule has 1 atom stereocenters. The Morgan fingerprint density at radius 2 is 2.00 bits per heavy atom. The molecular formula is C12H26N2. The van der Waals surface area contributed by atoms with Crippen LogP contribution in [0.2, 0.25) is 0 Å². The molecule has 1 rings (SSSR count). The highest BCUT2D eigenvalue weighted by atomic mass is 14.8. The monoisotopic (exact) mass is 198 g/mol. The van der Waals surface area contributed by atoms with Gasteiger partial charge >= 0.3 is 0 Å². The second kappa shape index (κ2) is 7.24. The van der Waals surface area contributed by atoms with E-state index in [2.05, 4.69) is 12.2 Å². The van der Waals surface area contributed by atoms with Crippen molar-refractivity contribution in [2.45, 2.75) is 45.4 Å². The lowest BCUT2D eigenvalue weighted by molar-refractivity contribution is 0.455. The van der Waals surface area contributed by atoms with Crippen molar-refractivity contribution in [2.24, 2.45) is 17.6 Å². The predicted molar refractivity (Wildman–Crippen MR) is 62.3 cm³/mol. The van der Waals surface area contributed by atoms with Gasteiger partial charge in [0.05, 0.1) is 0 Å². The number of rotatable bonds is 7. The van der Waals surface area contributed by atoms with Crippen LogP contribution in [-0.2, 0) is 0 Å². The zero-order chi connectivity index (χ0) is 10.2. The molecule has 14 heavy (non-hydrogen) atoms. The van der Waals surface area contributed by atoms with Gasteiger partial charge in [-0.05, 0) is 44.3 Å². The Morgan fingerprint density at radius 1 is 1.29 bits per heavy atom. The molecule has 3 N–H and O–H groups in total. The minimum Gasteiger partial charge on any atom is -0.330 e. The van der Waals surface area contributed by atoms with Crippen molar-refractivity contribution in [1.29, 1.82) is 0 Å². The van der Waals surface area contributed by atoms with Crippen molar-refractivity contribution in [2.75, 3.05) is 19.6 Å². The standard InChI is InChI=1S/C12H26N2/c1-11(10-13)6-8-14-9-7-12-4-2-3-5-12/h11-12,14H,2-10,13H2,1H3. The summed E-state index contributed by atoms with van der Waals surface area (Å²) in [6.45, 7) is 5.40. The maximum absolute atomic E-state index is 5.56. The minimum absolute atomic E-state index is 0.675. The lowest BCUT2D eigenvalue weighted by atomic mass is 10.0. The number of nitrogens with two attached hydrogens (primary N) is 1. The molecule has 2 nitrogen and oxygen atoms in total. The first kappa shape index (κ1) is 12.0. The third-order valence-electron chi connectivity index (χ3n) is 3.42. The van der Waals surface area contributed by atoms with E-state index in [0.29, 0.717) is 5.92 Å². The van der Waals surface area contributed by atoms with E-state index in [4.69, 9.17) is 5.73 Å². The van der Waals surface area contributed by atoms with Crippen molar-refractivity contribution >= 4 is 0 Å². The van der Waals surface area contributed by atoms with E-state index in [9.17, 15) is 0 Å². The van der Waals surface area contributed by atoms with Gasteiger partial charge in [-0.2, -0.15) is 0 Å². The van der Waals surface area contributed by atoms with Gasteiger partial charge in [-0.15, -0.1) is 0 Å². The summed E-state index contributed by atoms with van der Waals surface area (Å²) >= 11 is 0. The van der Waals surface area contributed by atoms with Gasteiger partial charge < -0.3 is 11.1 Å². The highest BCUT2D eigenvalue weighted by molar-refractivity contribution is 4.68. The third kappa shape index (κ3) is 4.97. The molecule has 2 heteroatoms. The van der Waals surface area contributed by atoms with Gasteiger partial charge in [-0.25, -0.2) is 0 Å². The van der Waals surface area contributed by atoms with E-state index < -0.39 is 0 Å². The summed E-state index contributed by atoms with van der Waals surface area (Å²) in [6, 6.07) is 0. The van der Waals surface area contributed by atoms with Gasteiger partial charge in [-0.3, -0.25) is 0 Å². The van der Waals surface area contributed by atoms with Crippen LogP contribution in [-0.4, -0.2) is 19.6 Å². The first-order chi connectivity index (χ1) is 6.83. The average molecular weight is 198 g/mol. The van der Waals surface area contributed by atoms with Crippen LogP contribution in [0.15, 0.2) is 0 Å². The molecule has 1 aliphatic carbocycles. The fraction of sp³-hybridized carbons (Fsp3) is 1.00. The summed E-state index contributed by atoms with van der Waals surface area (Å²) in [5.74, 6) is 1.70. The second-order valence-electron chi connectivity index (χ2n) is 4.82. The average Bonchev–Trinajstić information content (AvgIpc) is 2.69. The Balaban J connectivity index is 1.84. The molecule has 1 unspecified atom stereocenters. The molecule has 84 valence electrons. The Labute approximate surface area is 88.6 Å². The van der Waals surface area contributed by atoms with Crippen LogP contribution in [0.25, 0.3) is 0 Å². The molecule has 0 amide bonds. The van der Waals surface area contributed by atoms with Crippen molar-refractivity contribution in [3.63, 3.8) is 0 Å². The van der Waals surface area contributed by atoms with Gasteiger partial charge in [0.2, 0.25) is 0 Å². The van der Waals surface area contributed by atoms with Crippen molar-refractivity contribution in [3.05, 3.63) is 0 Å². The molecule has 0 bridgehead atoms. The summed E-state index contributed by atoms with van der Waals surface area (Å²) < 4.78 is 0. The van der Waals surface area contributed by atoms with Crippen LogP contribution in [0.1, 0.15) is 45.4 Å². The summed E-state index contributed by atoms with van der Waals surface area (Å²) in [5, 5.41) is 3.52. The van der Waals surface area contributed by atoms with Crippen molar-refractivity contribution in [3.8, 4) is 0 Å². The van der Waals surface area contributed by atoms with E-state index in [0.717, 1.165) is 19.0 Å². The van der Waals surface area contributed by atoms with E-state index in [-0.39, 0.29) is 0 Å². The first-order valence-corrected chi connectivity index (χ1v) is 6.23. The molecule has 0 spiro atoms. The molecule has 0 aromatic rings. The Bertz CT molecular complexity index is 130. The van der Waals surface area contributed by atoms with Gasteiger partial charge in [0.15, 0.2) is 0 Å².